The van der Waals surface area contributed by atoms with Crippen molar-refractivity contribution < 1.29 is 17.0 Å². The second kappa shape index (κ2) is 5.58. The van der Waals surface area contributed by atoms with E-state index >= 15 is 0 Å². The van der Waals surface area contributed by atoms with Crippen LogP contribution in [0.4, 0.5) is 0 Å². The first kappa shape index (κ1) is 10.9. The molecule has 0 fully saturated rings. The summed E-state index contributed by atoms with van der Waals surface area (Å²) in [5.41, 5.74) is 1.40. The summed E-state index contributed by atoms with van der Waals surface area (Å²) in [6, 6.07) is 8.42. The SMILES string of the molecule is [Br-].[Mg+][CH2]c1ccc(Br)cc1. The Labute approximate surface area is 92.7 Å². The van der Waals surface area contributed by atoms with Gasteiger partial charge in [-0.1, -0.05) is 0 Å². The standard InChI is InChI=1S/C7H6Br.BrH.Mg/c1-6-2-4-7(8)5-3-6;;/h2-5H,1H2;1H;/q;;+1/p-1. The molecule has 0 aliphatic heterocycles. The van der Waals surface area contributed by atoms with E-state index in [0.717, 1.165) is 9.02 Å². The van der Waals surface area contributed by atoms with Crippen LogP contribution in [0.5, 0.6) is 0 Å². The van der Waals surface area contributed by atoms with E-state index < -0.39 is 0 Å². The predicted octanol–water partition coefficient (Wildman–Crippen LogP) is -0.878. The van der Waals surface area contributed by atoms with Crippen molar-refractivity contribution in [3.63, 3.8) is 0 Å². The molecule has 0 aliphatic rings. The molecule has 0 nitrogen and oxygen atoms in total. The van der Waals surface area contributed by atoms with Crippen molar-refractivity contribution in [1.82, 2.24) is 0 Å². The van der Waals surface area contributed by atoms with Gasteiger partial charge in [0, 0.05) is 0 Å². The summed E-state index contributed by atoms with van der Waals surface area (Å²) < 4.78 is 2.30. The molecule has 0 saturated carbocycles. The van der Waals surface area contributed by atoms with E-state index in [1.165, 1.54) is 5.56 Å². The number of benzene rings is 1. The van der Waals surface area contributed by atoms with Crippen LogP contribution in [0.1, 0.15) is 5.56 Å². The molecular weight excluding hydrogens is 268 g/mol. The number of hydrogen-bond donors (Lipinski definition) is 0. The van der Waals surface area contributed by atoms with Crippen LogP contribution in [0, 0.1) is 0 Å². The Hall–Kier alpha value is 0.946. The summed E-state index contributed by atoms with van der Waals surface area (Å²) in [6.07, 6.45) is 0. The van der Waals surface area contributed by atoms with Gasteiger partial charge >= 0.3 is 76.5 Å². The van der Waals surface area contributed by atoms with E-state index in [1.807, 2.05) is 21.7 Å². The van der Waals surface area contributed by atoms with E-state index in [2.05, 4.69) is 40.2 Å². The van der Waals surface area contributed by atoms with Crippen LogP contribution in [-0.2, 0) is 4.55 Å². The van der Waals surface area contributed by atoms with Crippen LogP contribution >= 0.6 is 15.9 Å². The molecule has 10 heavy (non-hydrogen) atoms. The van der Waals surface area contributed by atoms with Crippen molar-refractivity contribution in [2.24, 2.45) is 0 Å². The molecule has 0 aliphatic carbocycles. The van der Waals surface area contributed by atoms with Crippen LogP contribution < -0.4 is 17.0 Å². The molecule has 0 bridgehead atoms. The Morgan fingerprint density at radius 2 is 1.70 bits per heavy atom. The van der Waals surface area contributed by atoms with Crippen LogP contribution in [-0.4, -0.2) is 21.7 Å². The van der Waals surface area contributed by atoms with E-state index in [9.17, 15) is 0 Å². The molecule has 0 radical (unpaired) electrons. The first-order valence-corrected chi connectivity index (χ1v) is 4.66. The van der Waals surface area contributed by atoms with Gasteiger partial charge in [-0.25, -0.2) is 0 Å². The summed E-state index contributed by atoms with van der Waals surface area (Å²) in [7, 11) is 0. The molecule has 0 spiro atoms. The molecule has 1 aromatic rings. The first-order chi connectivity index (χ1) is 4.33. The van der Waals surface area contributed by atoms with Crippen molar-refractivity contribution in [1.29, 1.82) is 0 Å². The van der Waals surface area contributed by atoms with Gasteiger partial charge in [0.05, 0.1) is 0 Å². The van der Waals surface area contributed by atoms with Gasteiger partial charge in [0.25, 0.3) is 0 Å². The molecule has 0 saturated heterocycles. The van der Waals surface area contributed by atoms with Crippen molar-refractivity contribution in [3.05, 3.63) is 34.3 Å². The van der Waals surface area contributed by atoms with E-state index in [-0.39, 0.29) is 17.0 Å². The monoisotopic (exact) mass is 272 g/mol. The molecule has 0 aromatic heterocycles. The van der Waals surface area contributed by atoms with E-state index in [1.54, 1.807) is 0 Å². The zero-order valence-corrected chi connectivity index (χ0v) is 10.1. The Bertz CT molecular complexity index is 183. The van der Waals surface area contributed by atoms with Crippen LogP contribution in [0.15, 0.2) is 28.7 Å². The Kier molecular flexibility index (Phi) is 6.11. The molecule has 3 heteroatoms. The molecule has 0 unspecified atom stereocenters. The second-order valence-electron chi connectivity index (χ2n) is 1.88. The Morgan fingerprint density at radius 3 is 2.10 bits per heavy atom. The molecule has 0 amide bonds. The summed E-state index contributed by atoms with van der Waals surface area (Å²) in [6.45, 7) is 0. The van der Waals surface area contributed by atoms with Gasteiger partial charge in [-0.15, -0.1) is 0 Å². The third kappa shape index (κ3) is 3.37. The average Bonchev–Trinajstić information content (AvgIpc) is 1.90. The number of halogens is 2. The van der Waals surface area contributed by atoms with Crippen LogP contribution in [0.2, 0.25) is 0 Å². The first-order valence-electron chi connectivity index (χ1n) is 2.86. The Morgan fingerprint density at radius 1 is 1.20 bits per heavy atom. The summed E-state index contributed by atoms with van der Waals surface area (Å²) in [5, 5.41) is 0. The zero-order chi connectivity index (χ0) is 6.69. The fraction of sp³-hybridized carbons (Fsp3) is 0.143. The average molecular weight is 274 g/mol. The van der Waals surface area contributed by atoms with Gasteiger partial charge in [-0.3, -0.25) is 0 Å². The van der Waals surface area contributed by atoms with Crippen molar-refractivity contribution in [3.8, 4) is 0 Å². The van der Waals surface area contributed by atoms with E-state index in [4.69, 9.17) is 0 Å². The fourth-order valence-corrected chi connectivity index (χ4v) is 1.25. The summed E-state index contributed by atoms with van der Waals surface area (Å²) in [4.78, 5) is 0. The molecule has 1 rings (SSSR count). The van der Waals surface area contributed by atoms with Gasteiger partial charge in [-0.05, 0) is 0 Å². The maximum atomic E-state index is 3.38. The quantitative estimate of drug-likeness (QED) is 0.584. The predicted molar refractivity (Wildman–Crippen MR) is 43.6 cm³/mol. The number of hydrogen-bond acceptors (Lipinski definition) is 0. The third-order valence-corrected chi connectivity index (χ3v) is 2.31. The topological polar surface area (TPSA) is 0 Å². The molecule has 0 atom stereocenters. The molecule has 1 aromatic carbocycles. The van der Waals surface area contributed by atoms with Gasteiger partial charge in [0.1, 0.15) is 0 Å². The zero-order valence-electron chi connectivity index (χ0n) is 5.48. The molecular formula is C7H6Br2Mg. The van der Waals surface area contributed by atoms with E-state index in [0.29, 0.717) is 0 Å². The van der Waals surface area contributed by atoms with Crippen molar-refractivity contribution in [2.45, 2.75) is 4.55 Å². The van der Waals surface area contributed by atoms with Crippen molar-refractivity contribution >= 4 is 37.6 Å². The van der Waals surface area contributed by atoms with Gasteiger partial charge in [0.2, 0.25) is 0 Å². The molecule has 50 valence electrons. The summed E-state index contributed by atoms with van der Waals surface area (Å²) in [5.74, 6) is 0. The second-order valence-corrected chi connectivity index (χ2v) is 3.29. The summed E-state index contributed by atoms with van der Waals surface area (Å²) >= 11 is 5.35. The minimum absolute atomic E-state index is 0. The van der Waals surface area contributed by atoms with Crippen LogP contribution in [0.25, 0.3) is 0 Å². The third-order valence-electron chi connectivity index (χ3n) is 1.20. The number of rotatable bonds is 1. The van der Waals surface area contributed by atoms with Gasteiger partial charge in [0.15, 0.2) is 0 Å². The fourth-order valence-electron chi connectivity index (χ4n) is 0.651. The maximum absolute atomic E-state index is 3.38. The normalized spacial score (nSPS) is 8.70. The van der Waals surface area contributed by atoms with Gasteiger partial charge < -0.3 is 17.0 Å². The molecule has 0 heterocycles. The van der Waals surface area contributed by atoms with Crippen molar-refractivity contribution in [2.75, 3.05) is 0 Å². The van der Waals surface area contributed by atoms with Crippen LogP contribution in [0.3, 0.4) is 0 Å². The Balaban J connectivity index is 0.000000810. The molecule has 0 N–H and O–H groups in total. The van der Waals surface area contributed by atoms with Gasteiger partial charge in [-0.2, -0.15) is 0 Å². The minimum atomic E-state index is 0.